The zero-order valence-corrected chi connectivity index (χ0v) is 9.54. The standard InChI is InChI=1S/C12H12ClNO2/c13-10-3-1-9(2-4-10)7-8-14-11(15)5-6-12(14)16/h1-4H,5-8H2. The van der Waals surface area contributed by atoms with E-state index in [1.807, 2.05) is 24.3 Å². The summed E-state index contributed by atoms with van der Waals surface area (Å²) in [7, 11) is 0. The lowest BCUT2D eigenvalue weighted by Crippen LogP contribution is -2.31. The molecule has 0 N–H and O–H groups in total. The van der Waals surface area contributed by atoms with E-state index >= 15 is 0 Å². The van der Waals surface area contributed by atoms with E-state index in [1.54, 1.807) is 0 Å². The predicted molar refractivity (Wildman–Crippen MR) is 61.1 cm³/mol. The fraction of sp³-hybridized carbons (Fsp3) is 0.333. The Kier molecular flexibility index (Phi) is 3.25. The van der Waals surface area contributed by atoms with Crippen molar-refractivity contribution in [2.45, 2.75) is 19.3 Å². The molecule has 1 saturated heterocycles. The average Bonchev–Trinajstić information content (AvgIpc) is 2.59. The number of amides is 2. The summed E-state index contributed by atoms with van der Waals surface area (Å²) in [6.07, 6.45) is 1.41. The summed E-state index contributed by atoms with van der Waals surface area (Å²) in [5, 5.41) is 0.692. The van der Waals surface area contributed by atoms with Crippen LogP contribution in [-0.2, 0) is 16.0 Å². The van der Waals surface area contributed by atoms with E-state index in [-0.39, 0.29) is 11.8 Å². The maximum absolute atomic E-state index is 11.3. The first kappa shape index (κ1) is 11.1. The normalized spacial score (nSPS) is 15.9. The van der Waals surface area contributed by atoms with Gasteiger partial charge in [0.15, 0.2) is 0 Å². The molecule has 1 aliphatic rings. The summed E-state index contributed by atoms with van der Waals surface area (Å²) >= 11 is 5.77. The molecule has 4 heteroatoms. The molecule has 1 fully saturated rings. The van der Waals surface area contributed by atoms with Crippen molar-refractivity contribution in [2.24, 2.45) is 0 Å². The number of hydrogen-bond acceptors (Lipinski definition) is 2. The van der Waals surface area contributed by atoms with Crippen LogP contribution >= 0.6 is 11.6 Å². The molecule has 1 heterocycles. The maximum atomic E-state index is 11.3. The molecule has 0 aromatic heterocycles. The molecule has 1 aromatic rings. The van der Waals surface area contributed by atoms with Crippen molar-refractivity contribution in [1.82, 2.24) is 4.90 Å². The van der Waals surface area contributed by atoms with Gasteiger partial charge in [-0.15, -0.1) is 0 Å². The molecule has 0 atom stereocenters. The zero-order valence-electron chi connectivity index (χ0n) is 8.78. The maximum Gasteiger partial charge on any atom is 0.229 e. The fourth-order valence-corrected chi connectivity index (χ4v) is 1.89. The minimum absolute atomic E-state index is 0.0565. The Morgan fingerprint density at radius 2 is 1.62 bits per heavy atom. The Labute approximate surface area is 99.0 Å². The number of nitrogens with zero attached hydrogens (tertiary/aromatic N) is 1. The average molecular weight is 238 g/mol. The van der Waals surface area contributed by atoms with Gasteiger partial charge in [-0.2, -0.15) is 0 Å². The first-order valence-electron chi connectivity index (χ1n) is 5.24. The molecule has 2 rings (SSSR count). The van der Waals surface area contributed by atoms with E-state index in [1.165, 1.54) is 4.90 Å². The van der Waals surface area contributed by atoms with Crippen molar-refractivity contribution in [1.29, 1.82) is 0 Å². The minimum atomic E-state index is -0.0565. The van der Waals surface area contributed by atoms with Crippen LogP contribution < -0.4 is 0 Å². The number of hydrogen-bond donors (Lipinski definition) is 0. The second-order valence-corrected chi connectivity index (χ2v) is 4.25. The molecular formula is C12H12ClNO2. The third-order valence-electron chi connectivity index (χ3n) is 2.69. The van der Waals surface area contributed by atoms with Crippen LogP contribution in [0, 0.1) is 0 Å². The van der Waals surface area contributed by atoms with Crippen LogP contribution in [0.25, 0.3) is 0 Å². The van der Waals surface area contributed by atoms with E-state index in [4.69, 9.17) is 11.6 Å². The molecule has 0 bridgehead atoms. The zero-order chi connectivity index (χ0) is 11.5. The van der Waals surface area contributed by atoms with Gasteiger partial charge in [-0.05, 0) is 24.1 Å². The van der Waals surface area contributed by atoms with Gasteiger partial charge in [0.25, 0.3) is 0 Å². The summed E-state index contributed by atoms with van der Waals surface area (Å²) in [6, 6.07) is 7.44. The SMILES string of the molecule is O=C1CCC(=O)N1CCc1ccc(Cl)cc1. The number of rotatable bonds is 3. The molecular weight excluding hydrogens is 226 g/mol. The quantitative estimate of drug-likeness (QED) is 0.755. The summed E-state index contributed by atoms with van der Waals surface area (Å²) in [5.74, 6) is -0.113. The van der Waals surface area contributed by atoms with Gasteiger partial charge in [-0.3, -0.25) is 14.5 Å². The number of carbonyl (C=O) groups is 2. The molecule has 0 radical (unpaired) electrons. The van der Waals surface area contributed by atoms with Gasteiger partial charge in [0, 0.05) is 24.4 Å². The van der Waals surface area contributed by atoms with Crippen LogP contribution in [0.5, 0.6) is 0 Å². The third kappa shape index (κ3) is 2.42. The van der Waals surface area contributed by atoms with Crippen molar-refractivity contribution >= 4 is 23.4 Å². The van der Waals surface area contributed by atoms with Gasteiger partial charge in [-0.1, -0.05) is 23.7 Å². The van der Waals surface area contributed by atoms with E-state index < -0.39 is 0 Å². The number of imide groups is 1. The van der Waals surface area contributed by atoms with E-state index in [0.717, 1.165) is 5.56 Å². The highest BCUT2D eigenvalue weighted by molar-refractivity contribution is 6.30. The monoisotopic (exact) mass is 237 g/mol. The lowest BCUT2D eigenvalue weighted by Gasteiger charge is -2.13. The van der Waals surface area contributed by atoms with Crippen LogP contribution in [0.3, 0.4) is 0 Å². The van der Waals surface area contributed by atoms with Crippen molar-refractivity contribution in [3.05, 3.63) is 34.9 Å². The van der Waals surface area contributed by atoms with Crippen molar-refractivity contribution in [3.8, 4) is 0 Å². The number of carbonyl (C=O) groups excluding carboxylic acids is 2. The Morgan fingerprint density at radius 1 is 1.06 bits per heavy atom. The van der Waals surface area contributed by atoms with Gasteiger partial charge in [0.1, 0.15) is 0 Å². The molecule has 16 heavy (non-hydrogen) atoms. The molecule has 1 aliphatic heterocycles. The van der Waals surface area contributed by atoms with Gasteiger partial charge in [0.2, 0.25) is 11.8 Å². The van der Waals surface area contributed by atoms with Crippen LogP contribution in [0.15, 0.2) is 24.3 Å². The fourth-order valence-electron chi connectivity index (χ4n) is 1.76. The topological polar surface area (TPSA) is 37.4 Å². The lowest BCUT2D eigenvalue weighted by atomic mass is 10.1. The summed E-state index contributed by atoms with van der Waals surface area (Å²) in [6.45, 7) is 0.472. The molecule has 0 saturated carbocycles. The summed E-state index contributed by atoms with van der Waals surface area (Å²) in [4.78, 5) is 24.0. The number of halogens is 1. The molecule has 3 nitrogen and oxygen atoms in total. The van der Waals surface area contributed by atoms with Gasteiger partial charge >= 0.3 is 0 Å². The van der Waals surface area contributed by atoms with Gasteiger partial charge in [-0.25, -0.2) is 0 Å². The number of likely N-dealkylation sites (tertiary alicyclic amines) is 1. The molecule has 0 aliphatic carbocycles. The first-order valence-corrected chi connectivity index (χ1v) is 5.62. The minimum Gasteiger partial charge on any atom is -0.282 e. The Morgan fingerprint density at radius 3 is 2.19 bits per heavy atom. The Hall–Kier alpha value is -1.35. The van der Waals surface area contributed by atoms with E-state index in [0.29, 0.717) is 30.8 Å². The third-order valence-corrected chi connectivity index (χ3v) is 2.94. The predicted octanol–water partition coefficient (Wildman–Crippen LogP) is 2.03. The lowest BCUT2D eigenvalue weighted by molar-refractivity contribution is -0.138. The number of benzene rings is 1. The molecule has 0 unspecified atom stereocenters. The van der Waals surface area contributed by atoms with E-state index in [2.05, 4.69) is 0 Å². The Balaban J connectivity index is 1.94. The van der Waals surface area contributed by atoms with Crippen LogP contribution in [0.4, 0.5) is 0 Å². The molecule has 84 valence electrons. The largest absolute Gasteiger partial charge is 0.282 e. The second-order valence-electron chi connectivity index (χ2n) is 3.82. The van der Waals surface area contributed by atoms with Gasteiger partial charge < -0.3 is 0 Å². The van der Waals surface area contributed by atoms with Crippen molar-refractivity contribution < 1.29 is 9.59 Å². The summed E-state index contributed by atoms with van der Waals surface area (Å²) in [5.41, 5.74) is 1.08. The highest BCUT2D eigenvalue weighted by Crippen LogP contribution is 2.14. The summed E-state index contributed by atoms with van der Waals surface area (Å²) < 4.78 is 0. The van der Waals surface area contributed by atoms with Crippen molar-refractivity contribution in [3.63, 3.8) is 0 Å². The molecule has 0 spiro atoms. The molecule has 1 aromatic carbocycles. The Bertz CT molecular complexity index is 398. The highest BCUT2D eigenvalue weighted by atomic mass is 35.5. The molecule has 2 amide bonds. The highest BCUT2D eigenvalue weighted by Gasteiger charge is 2.27. The van der Waals surface area contributed by atoms with E-state index in [9.17, 15) is 9.59 Å². The van der Waals surface area contributed by atoms with Crippen LogP contribution in [-0.4, -0.2) is 23.3 Å². The second kappa shape index (κ2) is 4.66. The smallest absolute Gasteiger partial charge is 0.229 e. The van der Waals surface area contributed by atoms with Gasteiger partial charge in [0.05, 0.1) is 0 Å². The van der Waals surface area contributed by atoms with Crippen LogP contribution in [0.1, 0.15) is 18.4 Å². The first-order chi connectivity index (χ1) is 7.66. The van der Waals surface area contributed by atoms with Crippen molar-refractivity contribution in [2.75, 3.05) is 6.54 Å². The van der Waals surface area contributed by atoms with Crippen LogP contribution in [0.2, 0.25) is 5.02 Å².